The molecule has 0 radical (unpaired) electrons. The third-order valence-electron chi connectivity index (χ3n) is 4.26. The first kappa shape index (κ1) is 21.0. The van der Waals surface area contributed by atoms with E-state index in [-0.39, 0.29) is 0 Å². The van der Waals surface area contributed by atoms with Crippen LogP contribution < -0.4 is 5.48 Å². The number of aromatic nitrogens is 1. The summed E-state index contributed by atoms with van der Waals surface area (Å²) in [5, 5.41) is 12.7. The minimum atomic E-state index is -0.868. The molecule has 1 aliphatic rings. The summed E-state index contributed by atoms with van der Waals surface area (Å²) in [5.41, 5.74) is 3.80. The van der Waals surface area contributed by atoms with Gasteiger partial charge in [-0.25, -0.2) is 5.48 Å². The van der Waals surface area contributed by atoms with Crippen LogP contribution in [0.15, 0.2) is 30.5 Å². The molecule has 1 aromatic carbocycles. The maximum Gasteiger partial charge on any atom is 0.164 e. The number of rotatable bonds is 5. The molecule has 4 unspecified atom stereocenters. The van der Waals surface area contributed by atoms with Crippen molar-refractivity contribution in [1.29, 1.82) is 0 Å². The first-order chi connectivity index (χ1) is 12.6. The Bertz CT molecular complexity index is 780. The van der Waals surface area contributed by atoms with Gasteiger partial charge >= 0.3 is 0 Å². The van der Waals surface area contributed by atoms with Crippen LogP contribution in [0.25, 0.3) is 10.8 Å². The molecule has 3 rings (SSSR count). The molecule has 0 spiro atoms. The standard InChI is InChI=1S/C17H22N2O4S.C2H6/c1-10-4-5-12-11(8-10)6-7-19(17(12)24)16-14(20)15(23-18-2)13(22-16)9-21-3;1-2/h4-8,13-16,18,20H,9H2,1-3H3;1-2H3. The lowest BCUT2D eigenvalue weighted by atomic mass is 10.1. The highest BCUT2D eigenvalue weighted by Crippen LogP contribution is 2.32. The van der Waals surface area contributed by atoms with Gasteiger partial charge in [0.15, 0.2) is 6.23 Å². The van der Waals surface area contributed by atoms with Crippen molar-refractivity contribution in [3.05, 3.63) is 40.7 Å². The molecule has 0 amide bonds. The number of methoxy groups -OCH3 is 1. The summed E-state index contributed by atoms with van der Waals surface area (Å²) in [4.78, 5) is 5.42. The number of pyridine rings is 1. The summed E-state index contributed by atoms with van der Waals surface area (Å²) in [6.45, 7) is 6.36. The molecule has 144 valence electrons. The van der Waals surface area contributed by atoms with E-state index < -0.39 is 24.5 Å². The first-order valence-corrected chi connectivity index (χ1v) is 9.24. The number of aliphatic hydroxyl groups is 1. The summed E-state index contributed by atoms with van der Waals surface area (Å²) in [7, 11) is 3.23. The van der Waals surface area contributed by atoms with Crippen molar-refractivity contribution in [3.63, 3.8) is 0 Å². The normalized spacial score (nSPS) is 25.2. The fourth-order valence-corrected chi connectivity index (χ4v) is 3.46. The highest BCUT2D eigenvalue weighted by molar-refractivity contribution is 7.71. The number of nitrogens with one attached hydrogen (secondary N) is 1. The van der Waals surface area contributed by atoms with Crippen molar-refractivity contribution in [2.24, 2.45) is 0 Å². The number of nitrogens with zero attached hydrogens (tertiary/aromatic N) is 1. The Morgan fingerprint density at radius 3 is 2.69 bits per heavy atom. The molecular formula is C19H28N2O4S. The quantitative estimate of drug-likeness (QED) is 0.614. The van der Waals surface area contributed by atoms with Crippen LogP contribution in [-0.2, 0) is 14.3 Å². The lowest BCUT2D eigenvalue weighted by Crippen LogP contribution is -2.39. The molecule has 1 aliphatic heterocycles. The lowest BCUT2D eigenvalue weighted by Gasteiger charge is -2.20. The zero-order valence-corrected chi connectivity index (χ0v) is 16.7. The molecule has 26 heavy (non-hydrogen) atoms. The number of aliphatic hydroxyl groups excluding tert-OH is 1. The second kappa shape index (κ2) is 9.55. The van der Waals surface area contributed by atoms with Crippen LogP contribution in [-0.4, -0.2) is 48.7 Å². The number of fused-ring (bicyclic) bond motifs is 1. The Morgan fingerprint density at radius 2 is 2.04 bits per heavy atom. The summed E-state index contributed by atoms with van der Waals surface area (Å²) < 4.78 is 13.5. The molecule has 0 aliphatic carbocycles. The van der Waals surface area contributed by atoms with Gasteiger partial charge in [-0.3, -0.25) is 4.84 Å². The van der Waals surface area contributed by atoms with E-state index in [1.54, 1.807) is 18.7 Å². The van der Waals surface area contributed by atoms with Crippen LogP contribution in [0.1, 0.15) is 25.6 Å². The Balaban J connectivity index is 0.00000117. The molecule has 2 aromatic rings. The van der Waals surface area contributed by atoms with E-state index in [0.717, 1.165) is 10.8 Å². The van der Waals surface area contributed by atoms with Gasteiger partial charge in [-0.2, -0.15) is 0 Å². The molecule has 1 saturated heterocycles. The highest BCUT2D eigenvalue weighted by atomic mass is 32.1. The van der Waals surface area contributed by atoms with Gasteiger partial charge < -0.3 is 19.1 Å². The van der Waals surface area contributed by atoms with Crippen molar-refractivity contribution in [2.75, 3.05) is 20.8 Å². The van der Waals surface area contributed by atoms with Crippen molar-refractivity contribution in [3.8, 4) is 0 Å². The second-order valence-electron chi connectivity index (χ2n) is 5.92. The first-order valence-electron chi connectivity index (χ1n) is 8.83. The fourth-order valence-electron chi connectivity index (χ4n) is 3.11. The van der Waals surface area contributed by atoms with E-state index >= 15 is 0 Å². The van der Waals surface area contributed by atoms with Crippen LogP contribution in [0, 0.1) is 11.6 Å². The molecule has 0 saturated carbocycles. The van der Waals surface area contributed by atoms with Gasteiger partial charge in [0.1, 0.15) is 23.0 Å². The monoisotopic (exact) mass is 380 g/mol. The summed E-state index contributed by atoms with van der Waals surface area (Å²) >= 11 is 5.62. The molecule has 7 heteroatoms. The van der Waals surface area contributed by atoms with Crippen LogP contribution in [0.2, 0.25) is 0 Å². The predicted octanol–water partition coefficient (Wildman–Crippen LogP) is 3.13. The van der Waals surface area contributed by atoms with Gasteiger partial charge in [-0.15, -0.1) is 0 Å². The number of aryl methyl sites for hydroxylation is 1. The van der Waals surface area contributed by atoms with Gasteiger partial charge in [-0.1, -0.05) is 49.8 Å². The average Bonchev–Trinajstić information content (AvgIpc) is 2.94. The lowest BCUT2D eigenvalue weighted by molar-refractivity contribution is -0.0954. The minimum Gasteiger partial charge on any atom is -0.385 e. The molecule has 2 heterocycles. The molecule has 4 atom stereocenters. The number of benzene rings is 1. The van der Waals surface area contributed by atoms with Crippen molar-refractivity contribution < 1.29 is 19.4 Å². The number of hydrogen-bond donors (Lipinski definition) is 2. The molecule has 1 fully saturated rings. The van der Waals surface area contributed by atoms with Gasteiger partial charge in [0, 0.05) is 25.7 Å². The molecule has 1 aromatic heterocycles. The van der Waals surface area contributed by atoms with E-state index in [1.165, 1.54) is 5.56 Å². The average molecular weight is 381 g/mol. The summed E-state index contributed by atoms with van der Waals surface area (Å²) in [6, 6.07) is 8.09. The maximum absolute atomic E-state index is 10.7. The highest BCUT2D eigenvalue weighted by Gasteiger charge is 2.45. The molecular weight excluding hydrogens is 352 g/mol. The topological polar surface area (TPSA) is 64.9 Å². The fraction of sp³-hybridized carbons (Fsp3) is 0.526. The van der Waals surface area contributed by atoms with E-state index in [2.05, 4.69) is 11.5 Å². The van der Waals surface area contributed by atoms with Crippen molar-refractivity contribution >= 4 is 23.0 Å². The molecule has 2 N–H and O–H groups in total. The summed E-state index contributed by atoms with van der Waals surface area (Å²) in [6.07, 6.45) is -0.577. The van der Waals surface area contributed by atoms with Crippen LogP contribution in [0.5, 0.6) is 0 Å². The Labute approximate surface area is 159 Å². The molecule has 6 nitrogen and oxygen atoms in total. The van der Waals surface area contributed by atoms with Crippen molar-refractivity contribution in [1.82, 2.24) is 10.0 Å². The second-order valence-corrected chi connectivity index (χ2v) is 6.30. The van der Waals surface area contributed by atoms with Gasteiger partial charge in [0.25, 0.3) is 0 Å². The Kier molecular flexibility index (Phi) is 7.69. The predicted molar refractivity (Wildman–Crippen MR) is 105 cm³/mol. The van der Waals surface area contributed by atoms with Gasteiger partial charge in [-0.05, 0) is 18.4 Å². The van der Waals surface area contributed by atoms with E-state index in [4.69, 9.17) is 26.5 Å². The van der Waals surface area contributed by atoms with Gasteiger partial charge in [0.2, 0.25) is 0 Å². The van der Waals surface area contributed by atoms with Crippen LogP contribution in [0.3, 0.4) is 0 Å². The van der Waals surface area contributed by atoms with E-state index in [1.807, 2.05) is 45.2 Å². The maximum atomic E-state index is 10.7. The third-order valence-corrected chi connectivity index (χ3v) is 4.69. The number of hydroxylamine groups is 1. The largest absolute Gasteiger partial charge is 0.385 e. The van der Waals surface area contributed by atoms with Gasteiger partial charge in [0.05, 0.1) is 6.61 Å². The Hall–Kier alpha value is -1.35. The smallest absolute Gasteiger partial charge is 0.164 e. The number of hydrogen-bond acceptors (Lipinski definition) is 6. The zero-order valence-electron chi connectivity index (χ0n) is 15.9. The van der Waals surface area contributed by atoms with Crippen LogP contribution in [0.4, 0.5) is 0 Å². The Morgan fingerprint density at radius 1 is 1.31 bits per heavy atom. The minimum absolute atomic E-state index is 0.319. The molecule has 0 bridgehead atoms. The SMILES string of the molecule is CC.CNOC1C(COC)OC(n2ccc3cc(C)ccc3c2=S)C1O. The van der Waals surface area contributed by atoms with Crippen molar-refractivity contribution in [2.45, 2.75) is 45.3 Å². The third kappa shape index (κ3) is 4.14. The number of ether oxygens (including phenoxy) is 2. The zero-order chi connectivity index (χ0) is 19.3. The van der Waals surface area contributed by atoms with E-state index in [0.29, 0.717) is 11.2 Å². The van der Waals surface area contributed by atoms with Crippen LogP contribution >= 0.6 is 12.2 Å². The summed E-state index contributed by atoms with van der Waals surface area (Å²) in [5.74, 6) is 0. The van der Waals surface area contributed by atoms with E-state index in [9.17, 15) is 5.11 Å².